The van der Waals surface area contributed by atoms with E-state index in [1.807, 2.05) is 0 Å². The van der Waals surface area contributed by atoms with Crippen molar-refractivity contribution in [3.8, 4) is 0 Å². The molecule has 1 amide bonds. The van der Waals surface area contributed by atoms with E-state index in [1.165, 1.54) is 0 Å². The molecule has 2 rings (SSSR count). The highest BCUT2D eigenvalue weighted by Gasteiger charge is 2.13. The third-order valence-corrected chi connectivity index (χ3v) is 2.88. The van der Waals surface area contributed by atoms with Crippen molar-refractivity contribution in [2.75, 3.05) is 5.32 Å². The molecule has 6 heteroatoms. The quantitative estimate of drug-likeness (QED) is 0.886. The number of rotatable bonds is 5. The van der Waals surface area contributed by atoms with E-state index >= 15 is 0 Å². The highest BCUT2D eigenvalue weighted by Crippen LogP contribution is 2.17. The maximum absolute atomic E-state index is 13.2. The van der Waals surface area contributed by atoms with Crippen LogP contribution in [0.3, 0.4) is 0 Å². The first-order valence-electron chi connectivity index (χ1n) is 6.28. The summed E-state index contributed by atoms with van der Waals surface area (Å²) in [5.41, 5.74) is 0.758. The molecule has 2 N–H and O–H groups in total. The fourth-order valence-electron chi connectivity index (χ4n) is 1.83. The van der Waals surface area contributed by atoms with Gasteiger partial charge in [0.25, 0.3) is 0 Å². The number of carboxylic acid groups (broad SMARTS) is 1. The van der Waals surface area contributed by atoms with Crippen molar-refractivity contribution in [1.82, 2.24) is 4.98 Å². The van der Waals surface area contributed by atoms with Gasteiger partial charge in [-0.15, -0.1) is 0 Å². The summed E-state index contributed by atoms with van der Waals surface area (Å²) < 4.78 is 13.2. The topological polar surface area (TPSA) is 79.3 Å². The summed E-state index contributed by atoms with van der Waals surface area (Å²) in [4.78, 5) is 26.7. The molecule has 1 aromatic carbocycles. The summed E-state index contributed by atoms with van der Waals surface area (Å²) in [5, 5.41) is 11.4. The minimum Gasteiger partial charge on any atom is -0.478 e. The van der Waals surface area contributed by atoms with Gasteiger partial charge >= 0.3 is 5.97 Å². The molecule has 0 aliphatic rings. The van der Waals surface area contributed by atoms with Crippen LogP contribution < -0.4 is 5.32 Å². The van der Waals surface area contributed by atoms with Crippen LogP contribution in [0, 0.1) is 5.82 Å². The third kappa shape index (κ3) is 4.10. The average Bonchev–Trinajstić information content (AvgIpc) is 2.46. The fraction of sp³-hybridized carbons (Fsp3) is 0.133. The number of halogens is 1. The number of nitrogens with one attached hydrogen (secondary N) is 1. The fourth-order valence-corrected chi connectivity index (χ4v) is 1.83. The van der Waals surface area contributed by atoms with Gasteiger partial charge in [-0.1, -0.05) is 0 Å². The van der Waals surface area contributed by atoms with Crippen LogP contribution >= 0.6 is 0 Å². The Bertz CT molecular complexity index is 659. The second kappa shape index (κ2) is 6.60. The first-order chi connectivity index (χ1) is 10.1. The minimum absolute atomic E-state index is 0.0396. The van der Waals surface area contributed by atoms with Gasteiger partial charge in [0, 0.05) is 18.8 Å². The van der Waals surface area contributed by atoms with Crippen molar-refractivity contribution >= 4 is 17.6 Å². The van der Waals surface area contributed by atoms with E-state index in [9.17, 15) is 14.0 Å². The zero-order chi connectivity index (χ0) is 15.2. The number of pyridine rings is 1. The van der Waals surface area contributed by atoms with Gasteiger partial charge in [-0.05, 0) is 42.3 Å². The second-order valence-corrected chi connectivity index (χ2v) is 4.40. The van der Waals surface area contributed by atoms with Crippen LogP contribution in [0.15, 0.2) is 42.7 Å². The Hall–Kier alpha value is -2.76. The first-order valence-corrected chi connectivity index (χ1v) is 6.28. The second-order valence-electron chi connectivity index (χ2n) is 4.40. The first kappa shape index (κ1) is 14.6. The third-order valence-electron chi connectivity index (χ3n) is 2.88. The van der Waals surface area contributed by atoms with Crippen molar-refractivity contribution in [2.24, 2.45) is 0 Å². The number of aryl methyl sites for hydroxylation is 1. The summed E-state index contributed by atoms with van der Waals surface area (Å²) in [5.74, 6) is -2.20. The number of benzene rings is 1. The maximum atomic E-state index is 13.2. The molecule has 5 nitrogen and oxygen atoms in total. The predicted octanol–water partition coefficient (Wildman–Crippen LogP) is 2.49. The number of carboxylic acids is 1. The SMILES string of the molecule is O=C(CCc1ccncc1)Nc1cc(F)ccc1C(=O)O. The number of aromatic carboxylic acids is 1. The highest BCUT2D eigenvalue weighted by molar-refractivity contribution is 6.00. The summed E-state index contributed by atoms with van der Waals surface area (Å²) in [6, 6.07) is 6.73. The standard InChI is InChI=1S/C15H13FN2O3/c16-11-2-3-12(15(20)21)13(9-11)18-14(19)4-1-10-5-7-17-8-6-10/h2-3,5-9H,1,4H2,(H,18,19)(H,20,21). The molecule has 108 valence electrons. The smallest absolute Gasteiger partial charge is 0.337 e. The molecule has 0 atom stereocenters. The minimum atomic E-state index is -1.22. The molecule has 21 heavy (non-hydrogen) atoms. The summed E-state index contributed by atoms with van der Waals surface area (Å²) in [6.45, 7) is 0. The molecule has 0 aliphatic heterocycles. The van der Waals surface area contributed by atoms with E-state index in [0.717, 1.165) is 23.8 Å². The number of hydrogen-bond donors (Lipinski definition) is 2. The number of hydrogen-bond acceptors (Lipinski definition) is 3. The maximum Gasteiger partial charge on any atom is 0.337 e. The Morgan fingerprint density at radius 1 is 1.19 bits per heavy atom. The van der Waals surface area contributed by atoms with Gasteiger partial charge in [0.05, 0.1) is 11.3 Å². The Labute approximate surface area is 120 Å². The Morgan fingerprint density at radius 3 is 2.57 bits per heavy atom. The zero-order valence-corrected chi connectivity index (χ0v) is 11.0. The van der Waals surface area contributed by atoms with Gasteiger partial charge in [-0.25, -0.2) is 9.18 Å². The number of carbonyl (C=O) groups is 2. The largest absolute Gasteiger partial charge is 0.478 e. The molecule has 0 saturated heterocycles. The van der Waals surface area contributed by atoms with E-state index in [0.29, 0.717) is 6.42 Å². The van der Waals surface area contributed by atoms with E-state index in [-0.39, 0.29) is 23.6 Å². The monoisotopic (exact) mass is 288 g/mol. The average molecular weight is 288 g/mol. The van der Waals surface area contributed by atoms with Gasteiger partial charge in [0.15, 0.2) is 0 Å². The lowest BCUT2D eigenvalue weighted by atomic mass is 10.1. The van der Waals surface area contributed by atoms with Crippen LogP contribution in [0.1, 0.15) is 22.3 Å². The zero-order valence-electron chi connectivity index (χ0n) is 11.0. The molecular formula is C15H13FN2O3. The van der Waals surface area contributed by atoms with Crippen LogP contribution in [0.25, 0.3) is 0 Å². The van der Waals surface area contributed by atoms with Gasteiger partial charge in [0.1, 0.15) is 5.82 Å². The van der Waals surface area contributed by atoms with Crippen LogP contribution in [0.4, 0.5) is 10.1 Å². The summed E-state index contributed by atoms with van der Waals surface area (Å²) >= 11 is 0. The van der Waals surface area contributed by atoms with Gasteiger partial charge in [-0.3, -0.25) is 9.78 Å². The molecule has 2 aromatic rings. The molecular weight excluding hydrogens is 275 g/mol. The molecule has 1 heterocycles. The normalized spacial score (nSPS) is 10.1. The van der Waals surface area contributed by atoms with Gasteiger partial charge < -0.3 is 10.4 Å². The molecule has 0 spiro atoms. The molecule has 0 radical (unpaired) electrons. The lowest BCUT2D eigenvalue weighted by Crippen LogP contribution is -2.15. The van der Waals surface area contributed by atoms with Crippen LogP contribution in [-0.4, -0.2) is 22.0 Å². The van der Waals surface area contributed by atoms with Crippen LogP contribution in [-0.2, 0) is 11.2 Å². The Morgan fingerprint density at radius 2 is 1.90 bits per heavy atom. The van der Waals surface area contributed by atoms with E-state index in [1.54, 1.807) is 24.5 Å². The number of amides is 1. The van der Waals surface area contributed by atoms with Crippen molar-refractivity contribution in [3.63, 3.8) is 0 Å². The Kier molecular flexibility index (Phi) is 4.61. The lowest BCUT2D eigenvalue weighted by Gasteiger charge is -2.08. The van der Waals surface area contributed by atoms with Crippen molar-refractivity contribution in [3.05, 3.63) is 59.7 Å². The molecule has 1 aromatic heterocycles. The van der Waals surface area contributed by atoms with Gasteiger partial charge in [0.2, 0.25) is 5.91 Å². The Balaban J connectivity index is 2.02. The van der Waals surface area contributed by atoms with Crippen LogP contribution in [0.5, 0.6) is 0 Å². The van der Waals surface area contributed by atoms with Crippen molar-refractivity contribution in [2.45, 2.75) is 12.8 Å². The number of anilines is 1. The van der Waals surface area contributed by atoms with Crippen LogP contribution in [0.2, 0.25) is 0 Å². The van der Waals surface area contributed by atoms with E-state index in [2.05, 4.69) is 10.3 Å². The molecule has 0 fully saturated rings. The predicted molar refractivity (Wildman–Crippen MR) is 74.5 cm³/mol. The van der Waals surface area contributed by atoms with Gasteiger partial charge in [-0.2, -0.15) is 0 Å². The number of carbonyl (C=O) groups excluding carboxylic acids is 1. The molecule has 0 unspecified atom stereocenters. The number of aromatic nitrogens is 1. The van der Waals surface area contributed by atoms with Crippen molar-refractivity contribution < 1.29 is 19.1 Å². The highest BCUT2D eigenvalue weighted by atomic mass is 19.1. The summed E-state index contributed by atoms with van der Waals surface area (Å²) in [7, 11) is 0. The van der Waals surface area contributed by atoms with Crippen molar-refractivity contribution in [1.29, 1.82) is 0 Å². The lowest BCUT2D eigenvalue weighted by molar-refractivity contribution is -0.116. The van der Waals surface area contributed by atoms with E-state index in [4.69, 9.17) is 5.11 Å². The summed E-state index contributed by atoms with van der Waals surface area (Å²) in [6.07, 6.45) is 3.91. The molecule has 0 bridgehead atoms. The molecule has 0 saturated carbocycles. The molecule has 0 aliphatic carbocycles. The number of nitrogens with zero attached hydrogens (tertiary/aromatic N) is 1. The van der Waals surface area contributed by atoms with E-state index < -0.39 is 11.8 Å².